The molecule has 26 heavy (non-hydrogen) atoms. The van der Waals surface area contributed by atoms with E-state index in [0.717, 1.165) is 12.1 Å². The normalized spacial score (nSPS) is 15.0. The van der Waals surface area contributed by atoms with Crippen LogP contribution >= 0.6 is 0 Å². The lowest BCUT2D eigenvalue weighted by Gasteiger charge is -2.29. The van der Waals surface area contributed by atoms with Crippen LogP contribution in [-0.4, -0.2) is 37.2 Å². The van der Waals surface area contributed by atoms with Gasteiger partial charge < -0.3 is 15.0 Å². The summed E-state index contributed by atoms with van der Waals surface area (Å²) in [6.45, 7) is 2.58. The number of halogens is 3. The molecule has 1 saturated heterocycles. The van der Waals surface area contributed by atoms with Crippen molar-refractivity contribution in [2.24, 2.45) is 0 Å². The van der Waals surface area contributed by atoms with Crippen LogP contribution in [0.5, 0.6) is 0 Å². The highest BCUT2D eigenvalue weighted by Gasteiger charge is 2.30. The fraction of sp³-hybridized carbons (Fsp3) is 0.333. The summed E-state index contributed by atoms with van der Waals surface area (Å²) in [6.07, 6.45) is -2.75. The number of hydrogen-bond acceptors (Lipinski definition) is 4. The van der Waals surface area contributed by atoms with E-state index in [4.69, 9.17) is 4.74 Å². The zero-order valence-electron chi connectivity index (χ0n) is 13.9. The number of benzene rings is 1. The highest BCUT2D eigenvalue weighted by atomic mass is 19.4. The molecule has 0 atom stereocenters. The van der Waals surface area contributed by atoms with Crippen LogP contribution in [0.2, 0.25) is 0 Å². The van der Waals surface area contributed by atoms with Crippen LogP contribution in [-0.2, 0) is 17.5 Å². The van der Waals surface area contributed by atoms with E-state index in [1.807, 2.05) is 4.90 Å². The Labute approximate surface area is 148 Å². The Hall–Kier alpha value is -2.61. The number of carbonyl (C=O) groups excluding carboxylic acids is 1. The third-order valence-electron chi connectivity index (χ3n) is 4.08. The van der Waals surface area contributed by atoms with Crippen LogP contribution < -0.4 is 10.2 Å². The third kappa shape index (κ3) is 4.32. The number of pyridine rings is 1. The number of amides is 1. The van der Waals surface area contributed by atoms with E-state index in [2.05, 4.69) is 10.3 Å². The Morgan fingerprint density at radius 3 is 2.50 bits per heavy atom. The second-order valence-corrected chi connectivity index (χ2v) is 5.85. The molecule has 1 fully saturated rings. The molecule has 2 aromatic rings. The molecular formula is C18H18F3N3O2. The lowest BCUT2D eigenvalue weighted by Crippen LogP contribution is -2.38. The van der Waals surface area contributed by atoms with Gasteiger partial charge in [0.05, 0.1) is 24.3 Å². The van der Waals surface area contributed by atoms with Crippen molar-refractivity contribution < 1.29 is 22.7 Å². The Bertz CT molecular complexity index is 757. The van der Waals surface area contributed by atoms with Gasteiger partial charge in [-0.2, -0.15) is 13.2 Å². The molecule has 1 aromatic carbocycles. The van der Waals surface area contributed by atoms with Crippen molar-refractivity contribution in [2.75, 3.05) is 31.2 Å². The topological polar surface area (TPSA) is 54.5 Å². The molecular weight excluding hydrogens is 347 g/mol. The highest BCUT2D eigenvalue weighted by molar-refractivity contribution is 5.98. The van der Waals surface area contributed by atoms with E-state index in [0.29, 0.717) is 43.2 Å². The Morgan fingerprint density at radius 1 is 1.15 bits per heavy atom. The van der Waals surface area contributed by atoms with Gasteiger partial charge in [0.15, 0.2) is 0 Å². The van der Waals surface area contributed by atoms with Gasteiger partial charge in [0, 0.05) is 25.8 Å². The van der Waals surface area contributed by atoms with Gasteiger partial charge in [-0.1, -0.05) is 12.1 Å². The molecule has 0 saturated carbocycles. The Kier molecular flexibility index (Phi) is 5.41. The number of nitrogens with zero attached hydrogens (tertiary/aromatic N) is 2. The molecule has 0 spiro atoms. The van der Waals surface area contributed by atoms with Crippen molar-refractivity contribution in [3.63, 3.8) is 0 Å². The van der Waals surface area contributed by atoms with Crippen LogP contribution in [0, 0.1) is 0 Å². The molecule has 0 bridgehead atoms. The fourth-order valence-corrected chi connectivity index (χ4v) is 2.69. The maximum atomic E-state index is 12.6. The third-order valence-corrected chi connectivity index (χ3v) is 4.08. The van der Waals surface area contributed by atoms with Crippen molar-refractivity contribution in [2.45, 2.75) is 12.7 Å². The monoisotopic (exact) mass is 365 g/mol. The number of alkyl halides is 3. The lowest BCUT2D eigenvalue weighted by atomic mass is 10.1. The average Bonchev–Trinajstić information content (AvgIpc) is 2.66. The summed E-state index contributed by atoms with van der Waals surface area (Å²) < 4.78 is 43.1. The van der Waals surface area contributed by atoms with Gasteiger partial charge in [-0.05, 0) is 29.8 Å². The molecule has 1 aliphatic heterocycles. The maximum absolute atomic E-state index is 12.6. The molecule has 0 aliphatic carbocycles. The van der Waals surface area contributed by atoms with Gasteiger partial charge in [-0.25, -0.2) is 4.98 Å². The van der Waals surface area contributed by atoms with Gasteiger partial charge >= 0.3 is 6.18 Å². The predicted octanol–water partition coefficient (Wildman–Crippen LogP) is 2.87. The predicted molar refractivity (Wildman–Crippen MR) is 89.9 cm³/mol. The summed E-state index contributed by atoms with van der Waals surface area (Å²) in [5.74, 6) is 0.264. The molecule has 3 rings (SSSR count). The number of hydrogen-bond donors (Lipinski definition) is 1. The van der Waals surface area contributed by atoms with E-state index in [9.17, 15) is 18.0 Å². The van der Waals surface area contributed by atoms with Crippen LogP contribution in [0.3, 0.4) is 0 Å². The van der Waals surface area contributed by atoms with Crippen molar-refractivity contribution in [1.82, 2.24) is 10.3 Å². The summed E-state index contributed by atoms with van der Waals surface area (Å²) >= 11 is 0. The van der Waals surface area contributed by atoms with Crippen LogP contribution in [0.4, 0.5) is 19.0 Å². The van der Waals surface area contributed by atoms with Crippen LogP contribution in [0.1, 0.15) is 21.5 Å². The maximum Gasteiger partial charge on any atom is 0.416 e. The quantitative estimate of drug-likeness (QED) is 0.905. The minimum Gasteiger partial charge on any atom is -0.378 e. The highest BCUT2D eigenvalue weighted by Crippen LogP contribution is 2.29. The van der Waals surface area contributed by atoms with E-state index in [-0.39, 0.29) is 12.5 Å². The first-order chi connectivity index (χ1) is 12.4. The van der Waals surface area contributed by atoms with Gasteiger partial charge in [0.2, 0.25) is 0 Å². The van der Waals surface area contributed by atoms with Gasteiger partial charge in [0.25, 0.3) is 5.91 Å². The SMILES string of the molecule is O=C(NCc1ccc(C(F)(F)F)cc1)c1cccnc1N1CCOCC1. The molecule has 138 valence electrons. The zero-order valence-corrected chi connectivity index (χ0v) is 13.9. The molecule has 0 radical (unpaired) electrons. The summed E-state index contributed by atoms with van der Waals surface area (Å²) in [7, 11) is 0. The molecule has 1 aliphatic rings. The molecule has 2 heterocycles. The largest absolute Gasteiger partial charge is 0.416 e. The minimum absolute atomic E-state index is 0.133. The van der Waals surface area contributed by atoms with Crippen molar-refractivity contribution in [1.29, 1.82) is 0 Å². The first kappa shape index (κ1) is 18.2. The lowest BCUT2D eigenvalue weighted by molar-refractivity contribution is -0.137. The average molecular weight is 365 g/mol. The molecule has 5 nitrogen and oxygen atoms in total. The Balaban J connectivity index is 1.67. The molecule has 1 N–H and O–H groups in total. The molecule has 1 amide bonds. The van der Waals surface area contributed by atoms with Gasteiger partial charge in [-0.15, -0.1) is 0 Å². The summed E-state index contributed by atoms with van der Waals surface area (Å²) in [4.78, 5) is 18.8. The van der Waals surface area contributed by atoms with Crippen molar-refractivity contribution >= 4 is 11.7 Å². The summed E-state index contributed by atoms with van der Waals surface area (Å²) in [5.41, 5.74) is 0.305. The molecule has 0 unspecified atom stereocenters. The Morgan fingerprint density at radius 2 is 1.85 bits per heavy atom. The zero-order chi connectivity index (χ0) is 18.6. The number of anilines is 1. The number of nitrogens with one attached hydrogen (secondary N) is 1. The summed E-state index contributed by atoms with van der Waals surface area (Å²) in [5, 5.41) is 2.73. The first-order valence-electron chi connectivity index (χ1n) is 8.17. The van der Waals surface area contributed by atoms with E-state index < -0.39 is 11.7 Å². The first-order valence-corrected chi connectivity index (χ1v) is 8.17. The van der Waals surface area contributed by atoms with Crippen LogP contribution in [0.25, 0.3) is 0 Å². The number of rotatable bonds is 4. The van der Waals surface area contributed by atoms with Gasteiger partial charge in [-0.3, -0.25) is 4.79 Å². The minimum atomic E-state index is -4.37. The van der Waals surface area contributed by atoms with Gasteiger partial charge in [0.1, 0.15) is 5.82 Å². The van der Waals surface area contributed by atoms with E-state index in [1.165, 1.54) is 12.1 Å². The summed E-state index contributed by atoms with van der Waals surface area (Å²) in [6, 6.07) is 8.08. The molecule has 1 aromatic heterocycles. The number of ether oxygens (including phenoxy) is 1. The van der Waals surface area contributed by atoms with Crippen molar-refractivity contribution in [3.8, 4) is 0 Å². The van der Waals surface area contributed by atoms with E-state index >= 15 is 0 Å². The molecule has 8 heteroatoms. The van der Waals surface area contributed by atoms with Crippen LogP contribution in [0.15, 0.2) is 42.6 Å². The number of aromatic nitrogens is 1. The number of carbonyl (C=O) groups is 1. The van der Waals surface area contributed by atoms with Crippen molar-refractivity contribution in [3.05, 3.63) is 59.3 Å². The second kappa shape index (κ2) is 7.74. The number of morpholine rings is 1. The fourth-order valence-electron chi connectivity index (χ4n) is 2.69. The van der Waals surface area contributed by atoms with E-state index in [1.54, 1.807) is 18.3 Å². The standard InChI is InChI=1S/C18H18F3N3O2/c19-18(20,21)14-5-3-13(4-6-14)12-23-17(25)15-2-1-7-22-16(15)24-8-10-26-11-9-24/h1-7H,8-12H2,(H,23,25). The second-order valence-electron chi connectivity index (χ2n) is 5.85. The smallest absolute Gasteiger partial charge is 0.378 e.